The lowest BCUT2D eigenvalue weighted by atomic mass is 9.88. The van der Waals surface area contributed by atoms with E-state index < -0.39 is 5.60 Å². The van der Waals surface area contributed by atoms with E-state index in [2.05, 4.69) is 5.32 Å². The number of hydrogen-bond acceptors (Lipinski definition) is 4. The molecule has 1 aromatic rings. The van der Waals surface area contributed by atoms with Crippen LogP contribution in [-0.4, -0.2) is 42.1 Å². The van der Waals surface area contributed by atoms with Crippen molar-refractivity contribution in [2.45, 2.75) is 30.9 Å². The molecule has 1 aromatic carbocycles. The van der Waals surface area contributed by atoms with Gasteiger partial charge in [-0.15, -0.1) is 0 Å². The fourth-order valence-electron chi connectivity index (χ4n) is 2.41. The molecule has 0 saturated carbocycles. The Bertz CT molecular complexity index is 386. The van der Waals surface area contributed by atoms with Crippen molar-refractivity contribution in [2.24, 2.45) is 0 Å². The number of benzene rings is 1. The summed E-state index contributed by atoms with van der Waals surface area (Å²) in [6.07, 6.45) is 1.54. The second kappa shape index (κ2) is 6.01. The van der Waals surface area contributed by atoms with Crippen molar-refractivity contribution in [3.63, 3.8) is 0 Å². The molecule has 1 heterocycles. The normalized spacial score (nSPS) is 21.8. The number of hydrogen-bond donors (Lipinski definition) is 3. The minimum absolute atomic E-state index is 0.0707. The minimum atomic E-state index is -0.943. The van der Waals surface area contributed by atoms with E-state index >= 15 is 0 Å². The molecule has 0 radical (unpaired) electrons. The molecule has 0 amide bonds. The molecule has 1 aliphatic rings. The lowest BCUT2D eigenvalue weighted by molar-refractivity contribution is -0.00924. The Labute approximate surface area is 114 Å². The molecular weight excluding hydrogens is 242 g/mol. The number of nitrogens with one attached hydrogen (secondary N) is 1. The number of aliphatic hydroxyl groups is 2. The molecular formula is C15H23NO3. The molecule has 106 valence electrons. The Kier molecular flexibility index (Phi) is 4.58. The second-order valence-electron chi connectivity index (χ2n) is 5.54. The van der Waals surface area contributed by atoms with Gasteiger partial charge < -0.3 is 20.3 Å². The molecule has 1 fully saturated rings. The van der Waals surface area contributed by atoms with Gasteiger partial charge in [0.05, 0.1) is 12.2 Å². The van der Waals surface area contributed by atoms with Gasteiger partial charge in [-0.2, -0.15) is 0 Å². The summed E-state index contributed by atoms with van der Waals surface area (Å²) >= 11 is 0. The highest BCUT2D eigenvalue weighted by molar-refractivity contribution is 5.22. The summed E-state index contributed by atoms with van der Waals surface area (Å²) in [5.41, 5.74) is -0.388. The first-order valence-corrected chi connectivity index (χ1v) is 6.80. The molecule has 4 heteroatoms. The molecule has 2 rings (SSSR count). The predicted octanol–water partition coefficient (Wildman–Crippen LogP) is 1.03. The molecule has 1 aliphatic heterocycles. The van der Waals surface area contributed by atoms with Crippen LogP contribution in [-0.2, 0) is 10.3 Å². The molecule has 0 aliphatic carbocycles. The van der Waals surface area contributed by atoms with Gasteiger partial charge in [0.1, 0.15) is 0 Å². The Morgan fingerprint density at radius 2 is 1.89 bits per heavy atom. The van der Waals surface area contributed by atoms with Crippen LogP contribution in [0.1, 0.15) is 25.3 Å². The smallest absolute Gasteiger partial charge is 0.0992 e. The lowest BCUT2D eigenvalue weighted by Gasteiger charge is -2.39. The molecule has 19 heavy (non-hydrogen) atoms. The van der Waals surface area contributed by atoms with E-state index in [0.29, 0.717) is 19.8 Å². The van der Waals surface area contributed by atoms with Crippen LogP contribution < -0.4 is 5.32 Å². The van der Waals surface area contributed by atoms with E-state index in [4.69, 9.17) is 4.74 Å². The topological polar surface area (TPSA) is 61.7 Å². The molecule has 3 N–H and O–H groups in total. The highest BCUT2D eigenvalue weighted by Gasteiger charge is 2.34. The highest BCUT2D eigenvalue weighted by Crippen LogP contribution is 2.24. The van der Waals surface area contributed by atoms with Crippen LogP contribution in [0.15, 0.2) is 30.3 Å². The van der Waals surface area contributed by atoms with Crippen molar-refractivity contribution in [1.82, 2.24) is 5.32 Å². The first-order valence-electron chi connectivity index (χ1n) is 6.80. The molecule has 0 aromatic heterocycles. The Balaban J connectivity index is 2.00. The van der Waals surface area contributed by atoms with Crippen molar-refractivity contribution in [3.05, 3.63) is 35.9 Å². The maximum Gasteiger partial charge on any atom is 0.0992 e. The van der Waals surface area contributed by atoms with Crippen molar-refractivity contribution >= 4 is 0 Å². The average Bonchev–Trinajstić information content (AvgIpc) is 2.47. The van der Waals surface area contributed by atoms with Crippen LogP contribution in [0.4, 0.5) is 0 Å². The van der Waals surface area contributed by atoms with Crippen molar-refractivity contribution < 1.29 is 14.9 Å². The van der Waals surface area contributed by atoms with E-state index in [-0.39, 0.29) is 12.1 Å². The molecule has 1 unspecified atom stereocenters. The van der Waals surface area contributed by atoms with E-state index in [0.717, 1.165) is 18.4 Å². The van der Waals surface area contributed by atoms with Crippen molar-refractivity contribution in [3.8, 4) is 0 Å². The maximum atomic E-state index is 10.6. The molecule has 0 spiro atoms. The van der Waals surface area contributed by atoms with Crippen molar-refractivity contribution in [1.29, 1.82) is 0 Å². The quantitative estimate of drug-likeness (QED) is 0.744. The number of β-amino-alcohol motifs (C(OH)–C–C–N with tert-alkyl or cyclic N) is 1. The summed E-state index contributed by atoms with van der Waals surface area (Å²) in [6.45, 7) is 3.58. The van der Waals surface area contributed by atoms with Crippen LogP contribution >= 0.6 is 0 Å². The number of aliphatic hydroxyl groups excluding tert-OH is 1. The zero-order valence-electron chi connectivity index (χ0n) is 11.4. The third kappa shape index (κ3) is 3.54. The van der Waals surface area contributed by atoms with Gasteiger partial charge in [-0.25, -0.2) is 0 Å². The zero-order valence-corrected chi connectivity index (χ0v) is 11.4. The van der Waals surface area contributed by atoms with E-state index in [9.17, 15) is 10.2 Å². The van der Waals surface area contributed by atoms with Crippen LogP contribution in [0.2, 0.25) is 0 Å². The lowest BCUT2D eigenvalue weighted by Crippen LogP contribution is -2.55. The minimum Gasteiger partial charge on any atom is -0.394 e. The molecule has 1 saturated heterocycles. The van der Waals surface area contributed by atoms with Crippen LogP contribution in [0, 0.1) is 0 Å². The average molecular weight is 265 g/mol. The van der Waals surface area contributed by atoms with Gasteiger partial charge in [0, 0.05) is 25.3 Å². The van der Waals surface area contributed by atoms with Gasteiger partial charge in [-0.3, -0.25) is 0 Å². The fraction of sp³-hybridized carbons (Fsp3) is 0.600. The molecule has 4 nitrogen and oxygen atoms in total. The Morgan fingerprint density at radius 1 is 1.26 bits per heavy atom. The summed E-state index contributed by atoms with van der Waals surface area (Å²) in [7, 11) is 0. The summed E-state index contributed by atoms with van der Waals surface area (Å²) in [4.78, 5) is 0. The molecule has 0 bridgehead atoms. The number of rotatable bonds is 5. The van der Waals surface area contributed by atoms with Gasteiger partial charge in [-0.05, 0) is 25.3 Å². The van der Waals surface area contributed by atoms with Gasteiger partial charge in [0.15, 0.2) is 0 Å². The van der Waals surface area contributed by atoms with Gasteiger partial charge in [-0.1, -0.05) is 30.3 Å². The Hall–Kier alpha value is -0.940. The van der Waals surface area contributed by atoms with Crippen molar-refractivity contribution in [2.75, 3.05) is 26.4 Å². The molecule has 1 atom stereocenters. The van der Waals surface area contributed by atoms with Gasteiger partial charge in [0.2, 0.25) is 0 Å². The van der Waals surface area contributed by atoms with Gasteiger partial charge >= 0.3 is 0 Å². The second-order valence-corrected chi connectivity index (χ2v) is 5.54. The fourth-order valence-corrected chi connectivity index (χ4v) is 2.41. The van der Waals surface area contributed by atoms with Crippen LogP contribution in [0.25, 0.3) is 0 Å². The zero-order chi connectivity index (χ0) is 13.8. The maximum absolute atomic E-state index is 10.6. The first-order chi connectivity index (χ1) is 9.08. The third-order valence-electron chi connectivity index (χ3n) is 3.96. The monoisotopic (exact) mass is 265 g/mol. The van der Waals surface area contributed by atoms with Crippen LogP contribution in [0.5, 0.6) is 0 Å². The predicted molar refractivity (Wildman–Crippen MR) is 73.9 cm³/mol. The first kappa shape index (κ1) is 14.5. The largest absolute Gasteiger partial charge is 0.394 e. The summed E-state index contributed by atoms with van der Waals surface area (Å²) in [6, 6.07) is 9.59. The Morgan fingerprint density at radius 3 is 2.47 bits per heavy atom. The number of ether oxygens (including phenoxy) is 1. The summed E-state index contributed by atoms with van der Waals surface area (Å²) in [5, 5.41) is 23.5. The summed E-state index contributed by atoms with van der Waals surface area (Å²) < 4.78 is 5.33. The highest BCUT2D eigenvalue weighted by atomic mass is 16.5. The van der Waals surface area contributed by atoms with E-state index in [1.807, 2.05) is 30.3 Å². The third-order valence-corrected chi connectivity index (χ3v) is 3.96. The van der Waals surface area contributed by atoms with E-state index in [1.54, 1.807) is 6.92 Å². The summed E-state index contributed by atoms with van der Waals surface area (Å²) in [5.74, 6) is 0. The van der Waals surface area contributed by atoms with Gasteiger partial charge in [0.25, 0.3) is 0 Å². The SMILES string of the molecule is CC(O)(CNC1(CO)CCOCC1)c1ccccc1. The van der Waals surface area contributed by atoms with Crippen LogP contribution in [0.3, 0.4) is 0 Å². The van der Waals surface area contributed by atoms with E-state index in [1.165, 1.54) is 0 Å². The standard InChI is InChI=1S/C15H23NO3/c1-14(18,13-5-3-2-4-6-13)11-16-15(12-17)7-9-19-10-8-15/h2-6,16-18H,7-12H2,1H3.